The number of amides is 1. The van der Waals surface area contributed by atoms with Crippen LogP contribution >= 0.6 is 0 Å². The first-order chi connectivity index (χ1) is 14.9. The Balaban J connectivity index is 1.57. The molecule has 0 radical (unpaired) electrons. The van der Waals surface area contributed by atoms with Crippen LogP contribution in [0.15, 0.2) is 41.2 Å². The maximum atomic E-state index is 13.1. The second-order valence-electron chi connectivity index (χ2n) is 8.40. The summed E-state index contributed by atoms with van der Waals surface area (Å²) in [7, 11) is 0. The van der Waals surface area contributed by atoms with E-state index in [1.807, 2.05) is 19.9 Å². The predicted octanol–water partition coefficient (Wildman–Crippen LogP) is 3.11. The minimum Gasteiger partial charge on any atom is -0.381 e. The van der Waals surface area contributed by atoms with E-state index in [0.717, 1.165) is 24.1 Å². The summed E-state index contributed by atoms with van der Waals surface area (Å²) in [5.74, 6) is -0.201. The second-order valence-corrected chi connectivity index (χ2v) is 8.40. The van der Waals surface area contributed by atoms with Crippen molar-refractivity contribution in [2.45, 2.75) is 45.1 Å². The zero-order valence-corrected chi connectivity index (χ0v) is 17.7. The lowest BCUT2D eigenvalue weighted by molar-refractivity contribution is -0.121. The molecule has 1 saturated heterocycles. The van der Waals surface area contributed by atoms with Gasteiger partial charge in [-0.1, -0.05) is 26.0 Å². The molecule has 1 atom stereocenters. The van der Waals surface area contributed by atoms with Gasteiger partial charge in [0.05, 0.1) is 18.2 Å². The number of carbonyl (C=O) groups excluding carboxylic acids is 1. The Labute approximate surface area is 179 Å². The largest absolute Gasteiger partial charge is 0.381 e. The van der Waals surface area contributed by atoms with Crippen LogP contribution in [0.1, 0.15) is 55.6 Å². The number of fused-ring (bicyclic) bond motifs is 1. The summed E-state index contributed by atoms with van der Waals surface area (Å²) in [6, 6.07) is 8.83. The third-order valence-corrected chi connectivity index (χ3v) is 5.73. The van der Waals surface area contributed by atoms with Crippen molar-refractivity contribution >= 4 is 11.6 Å². The van der Waals surface area contributed by atoms with Crippen molar-refractivity contribution in [3.05, 3.63) is 69.5 Å². The van der Waals surface area contributed by atoms with Gasteiger partial charge in [-0.15, -0.1) is 0 Å². The fourth-order valence-corrected chi connectivity index (χ4v) is 4.00. The van der Waals surface area contributed by atoms with E-state index in [9.17, 15) is 14.0 Å². The first kappa shape index (κ1) is 21.2. The predicted molar refractivity (Wildman–Crippen MR) is 114 cm³/mol. The number of aromatic amines is 1. The van der Waals surface area contributed by atoms with Crippen LogP contribution < -0.4 is 10.9 Å². The highest BCUT2D eigenvalue weighted by molar-refractivity contribution is 5.79. The number of nitrogens with zero attached hydrogens (tertiary/aromatic N) is 2. The van der Waals surface area contributed by atoms with E-state index in [-0.39, 0.29) is 29.6 Å². The highest BCUT2D eigenvalue weighted by Crippen LogP contribution is 2.26. The molecule has 1 unspecified atom stereocenters. The second kappa shape index (κ2) is 9.01. The summed E-state index contributed by atoms with van der Waals surface area (Å²) in [5, 5.41) is 6.16. The molecule has 164 valence electrons. The molecule has 1 amide bonds. The number of rotatable bonds is 6. The zero-order chi connectivity index (χ0) is 22.0. The quantitative estimate of drug-likeness (QED) is 0.634. The molecular weight excluding hydrogens is 399 g/mol. The van der Waals surface area contributed by atoms with Crippen molar-refractivity contribution in [1.82, 2.24) is 19.9 Å². The molecule has 2 aromatic heterocycles. The topological polar surface area (TPSA) is 88.5 Å². The molecular formula is C23H27FN4O3. The van der Waals surface area contributed by atoms with Crippen molar-refractivity contribution in [3.63, 3.8) is 0 Å². The lowest BCUT2D eigenvalue weighted by Gasteiger charge is -2.22. The summed E-state index contributed by atoms with van der Waals surface area (Å²) in [5.41, 5.74) is 2.56. The number of aromatic nitrogens is 3. The number of ether oxygens (including phenoxy) is 1. The average Bonchev–Trinajstić information content (AvgIpc) is 3.19. The minimum absolute atomic E-state index is 0.0282. The SMILES string of the molecule is CC(C)C(NC(=O)Cc1ccc(F)cc1)c1cc(=O)n2[nH]c(C3CCOCC3)cc2n1. The van der Waals surface area contributed by atoms with Crippen LogP contribution in [0.5, 0.6) is 0 Å². The van der Waals surface area contributed by atoms with E-state index in [1.165, 1.54) is 22.7 Å². The standard InChI is InChI=1S/C23H27FN4O3/c1-14(2)23(26-21(29)11-15-3-5-17(24)6-4-15)19-13-22(30)28-20(25-19)12-18(27-28)16-7-9-31-10-8-16/h3-6,12-14,16,23,27H,7-11H2,1-2H3,(H,26,29). The summed E-state index contributed by atoms with van der Waals surface area (Å²) >= 11 is 0. The highest BCUT2D eigenvalue weighted by Gasteiger charge is 2.23. The normalized spacial score (nSPS) is 16.0. The molecule has 0 saturated carbocycles. The summed E-state index contributed by atoms with van der Waals surface area (Å²) in [6.45, 7) is 5.36. The highest BCUT2D eigenvalue weighted by atomic mass is 19.1. The van der Waals surface area contributed by atoms with Gasteiger partial charge in [-0.3, -0.25) is 14.7 Å². The molecule has 0 spiro atoms. The molecule has 1 aromatic carbocycles. The molecule has 1 aliphatic heterocycles. The van der Waals surface area contributed by atoms with Gasteiger partial charge in [-0.2, -0.15) is 0 Å². The lowest BCUT2D eigenvalue weighted by Crippen LogP contribution is -2.34. The van der Waals surface area contributed by atoms with E-state index >= 15 is 0 Å². The number of carbonyl (C=O) groups is 1. The number of benzene rings is 1. The van der Waals surface area contributed by atoms with Gasteiger partial charge < -0.3 is 10.1 Å². The number of hydrogen-bond acceptors (Lipinski definition) is 4. The van der Waals surface area contributed by atoms with Gasteiger partial charge in [-0.05, 0) is 36.5 Å². The van der Waals surface area contributed by atoms with Crippen molar-refractivity contribution in [3.8, 4) is 0 Å². The third kappa shape index (κ3) is 4.85. The number of hydrogen-bond donors (Lipinski definition) is 2. The average molecular weight is 426 g/mol. The van der Waals surface area contributed by atoms with Gasteiger partial charge >= 0.3 is 0 Å². The van der Waals surface area contributed by atoms with Crippen LogP contribution in [0.25, 0.3) is 5.65 Å². The van der Waals surface area contributed by atoms with Crippen LogP contribution in [0, 0.1) is 11.7 Å². The van der Waals surface area contributed by atoms with Gasteiger partial charge in [-0.25, -0.2) is 13.9 Å². The lowest BCUT2D eigenvalue weighted by atomic mass is 9.97. The Morgan fingerprint density at radius 1 is 1.26 bits per heavy atom. The molecule has 3 aromatic rings. The summed E-state index contributed by atoms with van der Waals surface area (Å²) in [6.07, 6.45) is 1.94. The smallest absolute Gasteiger partial charge is 0.272 e. The van der Waals surface area contributed by atoms with E-state index in [1.54, 1.807) is 12.1 Å². The Bertz CT molecular complexity index is 1110. The first-order valence-electron chi connectivity index (χ1n) is 10.6. The maximum absolute atomic E-state index is 13.1. The number of nitrogens with one attached hydrogen (secondary N) is 2. The first-order valence-corrected chi connectivity index (χ1v) is 10.6. The molecule has 1 aliphatic rings. The Kier molecular flexibility index (Phi) is 6.18. The van der Waals surface area contributed by atoms with Crippen LogP contribution in [0.4, 0.5) is 4.39 Å². The van der Waals surface area contributed by atoms with Crippen LogP contribution in [0.3, 0.4) is 0 Å². The van der Waals surface area contributed by atoms with Crippen molar-refractivity contribution in [1.29, 1.82) is 0 Å². The minimum atomic E-state index is -0.410. The molecule has 2 N–H and O–H groups in total. The van der Waals surface area contributed by atoms with E-state index in [4.69, 9.17) is 4.74 Å². The van der Waals surface area contributed by atoms with Gasteiger partial charge in [0.15, 0.2) is 5.65 Å². The van der Waals surface area contributed by atoms with E-state index in [0.29, 0.717) is 30.5 Å². The van der Waals surface area contributed by atoms with E-state index < -0.39 is 6.04 Å². The Morgan fingerprint density at radius 3 is 2.65 bits per heavy atom. The maximum Gasteiger partial charge on any atom is 0.272 e. The van der Waals surface area contributed by atoms with Crippen molar-refractivity contribution < 1.29 is 13.9 Å². The molecule has 8 heteroatoms. The van der Waals surface area contributed by atoms with Crippen LogP contribution in [-0.4, -0.2) is 33.7 Å². The molecule has 3 heterocycles. The monoisotopic (exact) mass is 426 g/mol. The van der Waals surface area contributed by atoms with Crippen molar-refractivity contribution in [2.24, 2.45) is 5.92 Å². The molecule has 31 heavy (non-hydrogen) atoms. The van der Waals surface area contributed by atoms with Crippen LogP contribution in [0.2, 0.25) is 0 Å². The molecule has 0 bridgehead atoms. The van der Waals surface area contributed by atoms with Crippen LogP contribution in [-0.2, 0) is 16.0 Å². The third-order valence-electron chi connectivity index (χ3n) is 5.73. The van der Waals surface area contributed by atoms with Gasteiger partial charge in [0, 0.05) is 37.0 Å². The molecule has 0 aliphatic carbocycles. The molecule has 1 fully saturated rings. The molecule has 7 nitrogen and oxygen atoms in total. The number of halogens is 1. The van der Waals surface area contributed by atoms with Gasteiger partial charge in [0.1, 0.15) is 5.82 Å². The van der Waals surface area contributed by atoms with Gasteiger partial charge in [0.25, 0.3) is 5.56 Å². The molecule has 4 rings (SSSR count). The fraction of sp³-hybridized carbons (Fsp3) is 0.435. The summed E-state index contributed by atoms with van der Waals surface area (Å²) < 4.78 is 20.0. The summed E-state index contributed by atoms with van der Waals surface area (Å²) in [4.78, 5) is 30.0. The van der Waals surface area contributed by atoms with E-state index in [2.05, 4.69) is 15.4 Å². The number of H-pyrrole nitrogens is 1. The van der Waals surface area contributed by atoms with Crippen molar-refractivity contribution in [2.75, 3.05) is 13.2 Å². The Morgan fingerprint density at radius 2 is 1.97 bits per heavy atom. The Hall–Kier alpha value is -3.00. The zero-order valence-electron chi connectivity index (χ0n) is 17.7. The fourth-order valence-electron chi connectivity index (χ4n) is 4.00. The van der Waals surface area contributed by atoms with Gasteiger partial charge in [0.2, 0.25) is 5.91 Å².